The van der Waals surface area contributed by atoms with E-state index in [1.165, 1.54) is 6.92 Å². The fourth-order valence-electron chi connectivity index (χ4n) is 3.00. The van der Waals surface area contributed by atoms with Crippen LogP contribution in [0.5, 0.6) is 0 Å². The summed E-state index contributed by atoms with van der Waals surface area (Å²) in [7, 11) is -3.37. The van der Waals surface area contributed by atoms with Crippen LogP contribution in [0.15, 0.2) is 54.6 Å². The molecule has 1 aliphatic rings. The van der Waals surface area contributed by atoms with Crippen LogP contribution in [0.2, 0.25) is 0 Å². The van der Waals surface area contributed by atoms with Gasteiger partial charge in [0.25, 0.3) is 0 Å². The van der Waals surface area contributed by atoms with Gasteiger partial charge in [-0.15, -0.1) is 0 Å². The molecule has 26 heavy (non-hydrogen) atoms. The minimum Gasteiger partial charge on any atom is -0.326 e. The Morgan fingerprint density at radius 3 is 2.31 bits per heavy atom. The fraction of sp³-hybridized carbons (Fsp3) is 0.350. The second-order valence-corrected chi connectivity index (χ2v) is 8.63. The summed E-state index contributed by atoms with van der Waals surface area (Å²) in [4.78, 5) is 11.1. The third-order valence-electron chi connectivity index (χ3n) is 4.33. The van der Waals surface area contributed by atoms with Crippen LogP contribution in [0.25, 0.3) is 0 Å². The molecule has 0 spiro atoms. The van der Waals surface area contributed by atoms with Crippen LogP contribution >= 0.6 is 0 Å². The monoisotopic (exact) mass is 372 g/mol. The number of hydrogen-bond acceptors (Lipinski definition) is 3. The first kappa shape index (κ1) is 18.5. The van der Waals surface area contributed by atoms with E-state index in [2.05, 4.69) is 5.32 Å². The molecule has 1 saturated carbocycles. The molecular weight excluding hydrogens is 348 g/mol. The SMILES string of the molecule is CC(=O)Nc1ccc(N(C2CC2)S(=O)(=O)CCCc2ccccc2)cc1. The fourth-order valence-corrected chi connectivity index (χ4v) is 4.82. The van der Waals surface area contributed by atoms with Crippen LogP contribution in [-0.4, -0.2) is 26.1 Å². The lowest BCUT2D eigenvalue weighted by atomic mass is 10.1. The molecule has 0 aromatic heterocycles. The predicted octanol–water partition coefficient (Wildman–Crippen LogP) is 3.58. The van der Waals surface area contributed by atoms with E-state index in [9.17, 15) is 13.2 Å². The van der Waals surface area contributed by atoms with Crippen LogP contribution < -0.4 is 9.62 Å². The molecule has 5 nitrogen and oxygen atoms in total. The first-order valence-corrected chi connectivity index (χ1v) is 10.5. The molecule has 6 heteroatoms. The number of rotatable bonds is 8. The van der Waals surface area contributed by atoms with Crippen molar-refractivity contribution in [1.29, 1.82) is 0 Å². The zero-order valence-corrected chi connectivity index (χ0v) is 15.7. The number of amides is 1. The number of hydrogen-bond donors (Lipinski definition) is 1. The van der Waals surface area contributed by atoms with Crippen molar-refractivity contribution in [3.63, 3.8) is 0 Å². The average molecular weight is 372 g/mol. The average Bonchev–Trinajstić information content (AvgIpc) is 3.41. The zero-order chi connectivity index (χ0) is 18.6. The van der Waals surface area contributed by atoms with Gasteiger partial charge in [0, 0.05) is 18.7 Å². The van der Waals surface area contributed by atoms with Crippen molar-refractivity contribution in [2.24, 2.45) is 0 Å². The van der Waals surface area contributed by atoms with Gasteiger partial charge in [-0.1, -0.05) is 30.3 Å². The van der Waals surface area contributed by atoms with E-state index in [0.717, 1.165) is 24.8 Å². The molecule has 2 aromatic rings. The van der Waals surface area contributed by atoms with Gasteiger partial charge in [-0.2, -0.15) is 0 Å². The maximum absolute atomic E-state index is 12.9. The molecule has 0 bridgehead atoms. The maximum Gasteiger partial charge on any atom is 0.235 e. The second-order valence-electron chi connectivity index (χ2n) is 6.66. The van der Waals surface area contributed by atoms with Gasteiger partial charge >= 0.3 is 0 Å². The summed E-state index contributed by atoms with van der Waals surface area (Å²) in [5.74, 6) is -0.0170. The number of benzene rings is 2. The molecule has 3 rings (SSSR count). The standard InChI is InChI=1S/C20H24N2O3S/c1-16(23)21-18-9-11-19(12-10-18)22(20-13-14-20)26(24,25)15-5-8-17-6-3-2-4-7-17/h2-4,6-7,9-12,20H,5,8,13-15H2,1H3,(H,21,23). The number of carbonyl (C=O) groups is 1. The molecule has 138 valence electrons. The van der Waals surface area contributed by atoms with Crippen molar-refractivity contribution < 1.29 is 13.2 Å². The summed E-state index contributed by atoms with van der Waals surface area (Å²) in [6.07, 6.45) is 3.14. The first-order chi connectivity index (χ1) is 12.5. The highest BCUT2D eigenvalue weighted by Crippen LogP contribution is 2.35. The molecule has 0 saturated heterocycles. The van der Waals surface area contributed by atoms with Crippen molar-refractivity contribution in [2.75, 3.05) is 15.4 Å². The lowest BCUT2D eigenvalue weighted by molar-refractivity contribution is -0.114. The van der Waals surface area contributed by atoms with Gasteiger partial charge < -0.3 is 5.32 Å². The normalized spacial score (nSPS) is 14.0. The Labute approximate surface area is 155 Å². The molecule has 0 aliphatic heterocycles. The molecule has 1 N–H and O–H groups in total. The minimum atomic E-state index is -3.37. The summed E-state index contributed by atoms with van der Waals surface area (Å²) in [5, 5.41) is 2.70. The van der Waals surface area contributed by atoms with E-state index >= 15 is 0 Å². The quantitative estimate of drug-likeness (QED) is 0.770. The molecular formula is C20H24N2O3S. The number of anilines is 2. The Morgan fingerprint density at radius 1 is 1.08 bits per heavy atom. The Morgan fingerprint density at radius 2 is 1.73 bits per heavy atom. The van der Waals surface area contributed by atoms with Crippen molar-refractivity contribution in [1.82, 2.24) is 0 Å². The highest BCUT2D eigenvalue weighted by molar-refractivity contribution is 7.92. The molecule has 0 radical (unpaired) electrons. The summed E-state index contributed by atoms with van der Waals surface area (Å²) in [6, 6.07) is 17.0. The van der Waals surface area contributed by atoms with Crippen molar-refractivity contribution >= 4 is 27.3 Å². The van der Waals surface area contributed by atoms with E-state index in [1.807, 2.05) is 30.3 Å². The van der Waals surface area contributed by atoms with Crippen molar-refractivity contribution in [3.05, 3.63) is 60.2 Å². The molecule has 1 aliphatic carbocycles. The number of sulfonamides is 1. The van der Waals surface area contributed by atoms with Crippen LogP contribution in [0, 0.1) is 0 Å². The molecule has 1 amide bonds. The van der Waals surface area contributed by atoms with Crippen LogP contribution in [0.3, 0.4) is 0 Å². The molecule has 2 aromatic carbocycles. The van der Waals surface area contributed by atoms with Crippen molar-refractivity contribution in [2.45, 2.75) is 38.6 Å². The Bertz CT molecular complexity index is 844. The Hall–Kier alpha value is -2.34. The Kier molecular flexibility index (Phi) is 5.61. The second kappa shape index (κ2) is 7.91. The lowest BCUT2D eigenvalue weighted by Crippen LogP contribution is -2.35. The number of aryl methyl sites for hydroxylation is 1. The molecule has 0 unspecified atom stereocenters. The maximum atomic E-state index is 12.9. The largest absolute Gasteiger partial charge is 0.326 e. The summed E-state index contributed by atoms with van der Waals surface area (Å²) in [5.41, 5.74) is 2.49. The van der Waals surface area contributed by atoms with Gasteiger partial charge in [-0.05, 0) is 55.5 Å². The number of carbonyl (C=O) groups excluding carboxylic acids is 1. The number of nitrogens with one attached hydrogen (secondary N) is 1. The van der Waals surface area contributed by atoms with Gasteiger partial charge in [0.15, 0.2) is 0 Å². The van der Waals surface area contributed by atoms with Gasteiger partial charge in [0.05, 0.1) is 11.4 Å². The van der Waals surface area contributed by atoms with Crippen LogP contribution in [0.4, 0.5) is 11.4 Å². The zero-order valence-electron chi connectivity index (χ0n) is 14.9. The smallest absolute Gasteiger partial charge is 0.235 e. The van der Waals surface area contributed by atoms with Crippen LogP contribution in [-0.2, 0) is 21.2 Å². The van der Waals surface area contributed by atoms with E-state index in [4.69, 9.17) is 0 Å². The van der Waals surface area contributed by atoms with E-state index < -0.39 is 10.0 Å². The predicted molar refractivity (Wildman–Crippen MR) is 105 cm³/mol. The molecule has 0 heterocycles. The first-order valence-electron chi connectivity index (χ1n) is 8.89. The topological polar surface area (TPSA) is 66.5 Å². The molecule has 1 fully saturated rings. The van der Waals surface area contributed by atoms with E-state index in [0.29, 0.717) is 17.8 Å². The van der Waals surface area contributed by atoms with Crippen molar-refractivity contribution in [3.8, 4) is 0 Å². The van der Waals surface area contributed by atoms with Gasteiger partial charge in [-0.25, -0.2) is 8.42 Å². The minimum absolute atomic E-state index is 0.0586. The summed E-state index contributed by atoms with van der Waals surface area (Å²) in [6.45, 7) is 1.45. The highest BCUT2D eigenvalue weighted by atomic mass is 32.2. The van der Waals surface area contributed by atoms with Crippen LogP contribution in [0.1, 0.15) is 31.7 Å². The summed E-state index contributed by atoms with van der Waals surface area (Å²) < 4.78 is 27.4. The lowest BCUT2D eigenvalue weighted by Gasteiger charge is -2.24. The number of nitrogens with zero attached hydrogens (tertiary/aromatic N) is 1. The highest BCUT2D eigenvalue weighted by Gasteiger charge is 2.37. The Balaban J connectivity index is 1.69. The van der Waals surface area contributed by atoms with Gasteiger partial charge in [-0.3, -0.25) is 9.10 Å². The van der Waals surface area contributed by atoms with Gasteiger partial charge in [0.1, 0.15) is 0 Å². The third kappa shape index (κ3) is 4.85. The van der Waals surface area contributed by atoms with Gasteiger partial charge in [0.2, 0.25) is 15.9 Å². The molecule has 0 atom stereocenters. The third-order valence-corrected chi connectivity index (χ3v) is 6.24. The van der Waals surface area contributed by atoms with E-state index in [1.54, 1.807) is 28.6 Å². The van der Waals surface area contributed by atoms with E-state index in [-0.39, 0.29) is 17.7 Å². The summed E-state index contributed by atoms with van der Waals surface area (Å²) >= 11 is 0.